The van der Waals surface area contributed by atoms with Gasteiger partial charge in [-0.3, -0.25) is 9.89 Å². The topological polar surface area (TPSA) is 49.0 Å². The normalized spacial score (nSPS) is 15.9. The summed E-state index contributed by atoms with van der Waals surface area (Å²) in [5.74, 6) is -0.0357. The van der Waals surface area contributed by atoms with Gasteiger partial charge >= 0.3 is 0 Å². The number of H-pyrrole nitrogens is 1. The molecule has 27 heavy (non-hydrogen) atoms. The number of hydrogen-bond donors (Lipinski definition) is 1. The largest absolute Gasteiger partial charge is 0.304 e. The van der Waals surface area contributed by atoms with Crippen LogP contribution in [0, 0.1) is 0 Å². The van der Waals surface area contributed by atoms with Crippen LogP contribution < -0.4 is 4.90 Å². The van der Waals surface area contributed by atoms with Crippen molar-refractivity contribution >= 4 is 22.4 Å². The standard InChI is InChI=1S/C23H19N3O/c1-15-13-17-8-3-5-12-22(17)26(15)23(27)21-14-20(24-25-21)19-11-6-9-16-7-2-4-10-18(16)19/h2-12,14-15H,13H2,1H3,(H,24,25)/t15-/m1/s1. The van der Waals surface area contributed by atoms with Crippen molar-refractivity contribution < 1.29 is 4.79 Å². The molecule has 0 unspecified atom stereocenters. The molecule has 0 radical (unpaired) electrons. The van der Waals surface area contributed by atoms with E-state index in [1.54, 1.807) is 0 Å². The van der Waals surface area contributed by atoms with Gasteiger partial charge in [0.1, 0.15) is 5.69 Å². The first kappa shape index (κ1) is 15.8. The Bertz CT molecular complexity index is 1160. The van der Waals surface area contributed by atoms with Crippen LogP contribution in [0.3, 0.4) is 0 Å². The predicted molar refractivity (Wildman–Crippen MR) is 108 cm³/mol. The van der Waals surface area contributed by atoms with Crippen LogP contribution in [0.2, 0.25) is 0 Å². The summed E-state index contributed by atoms with van der Waals surface area (Å²) in [6, 6.07) is 24.5. The minimum absolute atomic E-state index is 0.0357. The summed E-state index contributed by atoms with van der Waals surface area (Å²) in [4.78, 5) is 15.1. The summed E-state index contributed by atoms with van der Waals surface area (Å²) in [5.41, 5.74) is 4.54. The number of carbonyl (C=O) groups is 1. The maximum absolute atomic E-state index is 13.2. The molecule has 132 valence electrons. The van der Waals surface area contributed by atoms with Crippen molar-refractivity contribution in [2.45, 2.75) is 19.4 Å². The van der Waals surface area contributed by atoms with Crippen LogP contribution in [0.5, 0.6) is 0 Å². The van der Waals surface area contributed by atoms with Crippen LogP contribution in [-0.4, -0.2) is 22.1 Å². The number of aromatic nitrogens is 2. The number of benzene rings is 3. The molecule has 1 aliphatic rings. The average Bonchev–Trinajstić information content (AvgIpc) is 3.31. The molecule has 1 atom stereocenters. The minimum atomic E-state index is -0.0357. The summed E-state index contributed by atoms with van der Waals surface area (Å²) in [5, 5.41) is 9.68. The maximum atomic E-state index is 13.2. The van der Waals surface area contributed by atoms with Crippen molar-refractivity contribution in [3.63, 3.8) is 0 Å². The van der Waals surface area contributed by atoms with Crippen LogP contribution in [0.1, 0.15) is 23.0 Å². The van der Waals surface area contributed by atoms with Gasteiger partial charge in [0.25, 0.3) is 5.91 Å². The van der Waals surface area contributed by atoms with Gasteiger partial charge in [-0.2, -0.15) is 5.10 Å². The van der Waals surface area contributed by atoms with E-state index in [9.17, 15) is 4.79 Å². The Hall–Kier alpha value is -3.40. The van der Waals surface area contributed by atoms with E-state index in [4.69, 9.17) is 0 Å². The Morgan fingerprint density at radius 2 is 1.81 bits per heavy atom. The highest BCUT2D eigenvalue weighted by atomic mass is 16.2. The highest BCUT2D eigenvalue weighted by Gasteiger charge is 2.32. The summed E-state index contributed by atoms with van der Waals surface area (Å²) < 4.78 is 0. The lowest BCUT2D eigenvalue weighted by Gasteiger charge is -2.21. The molecule has 1 aliphatic heterocycles. The summed E-state index contributed by atoms with van der Waals surface area (Å²) in [6.45, 7) is 2.08. The van der Waals surface area contributed by atoms with Gasteiger partial charge in [-0.15, -0.1) is 0 Å². The number of nitrogens with zero attached hydrogens (tertiary/aromatic N) is 2. The van der Waals surface area contributed by atoms with Gasteiger partial charge in [0.05, 0.1) is 5.69 Å². The monoisotopic (exact) mass is 353 g/mol. The van der Waals surface area contributed by atoms with Gasteiger partial charge in [0.15, 0.2) is 0 Å². The van der Waals surface area contributed by atoms with Crippen molar-refractivity contribution in [3.8, 4) is 11.3 Å². The smallest absolute Gasteiger partial charge is 0.276 e. The molecule has 5 rings (SSSR count). The zero-order chi connectivity index (χ0) is 18.4. The Morgan fingerprint density at radius 3 is 2.74 bits per heavy atom. The number of amides is 1. The first-order valence-corrected chi connectivity index (χ1v) is 9.17. The maximum Gasteiger partial charge on any atom is 0.276 e. The fourth-order valence-electron chi connectivity index (χ4n) is 4.02. The first-order valence-electron chi connectivity index (χ1n) is 9.17. The minimum Gasteiger partial charge on any atom is -0.304 e. The van der Waals surface area contributed by atoms with Crippen molar-refractivity contribution in [1.29, 1.82) is 0 Å². The molecule has 0 fully saturated rings. The molecule has 0 spiro atoms. The van der Waals surface area contributed by atoms with Gasteiger partial charge in [0.2, 0.25) is 0 Å². The zero-order valence-corrected chi connectivity index (χ0v) is 15.0. The summed E-state index contributed by atoms with van der Waals surface area (Å²) in [6.07, 6.45) is 0.881. The third-order valence-corrected chi connectivity index (χ3v) is 5.30. The number of aromatic amines is 1. The van der Waals surface area contributed by atoms with E-state index < -0.39 is 0 Å². The quantitative estimate of drug-likeness (QED) is 0.561. The SMILES string of the molecule is C[C@@H]1Cc2ccccc2N1C(=O)c1cc(-c2cccc3ccccc23)n[nH]1. The van der Waals surface area contributed by atoms with E-state index in [-0.39, 0.29) is 11.9 Å². The van der Waals surface area contributed by atoms with Crippen LogP contribution in [0.25, 0.3) is 22.0 Å². The molecule has 0 saturated heterocycles. The van der Waals surface area contributed by atoms with Gasteiger partial charge < -0.3 is 4.90 Å². The van der Waals surface area contributed by atoms with Crippen molar-refractivity contribution in [1.82, 2.24) is 10.2 Å². The number of anilines is 1. The van der Waals surface area contributed by atoms with Crippen LogP contribution in [0.4, 0.5) is 5.69 Å². The van der Waals surface area contributed by atoms with E-state index in [1.165, 1.54) is 5.56 Å². The fraction of sp³-hybridized carbons (Fsp3) is 0.130. The number of hydrogen-bond acceptors (Lipinski definition) is 2. The molecule has 0 aliphatic carbocycles. The predicted octanol–water partition coefficient (Wildman–Crippen LogP) is 4.82. The molecule has 4 aromatic rings. The van der Waals surface area contributed by atoms with Crippen molar-refractivity contribution in [3.05, 3.63) is 84.1 Å². The Morgan fingerprint density at radius 1 is 1.04 bits per heavy atom. The number of para-hydroxylation sites is 1. The van der Waals surface area contributed by atoms with E-state index in [1.807, 2.05) is 53.4 Å². The second-order valence-corrected chi connectivity index (χ2v) is 7.05. The highest BCUT2D eigenvalue weighted by molar-refractivity contribution is 6.07. The van der Waals surface area contributed by atoms with E-state index in [2.05, 4.69) is 41.4 Å². The molecule has 1 amide bonds. The first-order chi connectivity index (χ1) is 13.2. The van der Waals surface area contributed by atoms with Crippen molar-refractivity contribution in [2.24, 2.45) is 0 Å². The van der Waals surface area contributed by atoms with Crippen LogP contribution in [0.15, 0.2) is 72.8 Å². The van der Waals surface area contributed by atoms with Crippen LogP contribution >= 0.6 is 0 Å². The van der Waals surface area contributed by atoms with E-state index in [0.29, 0.717) is 5.69 Å². The molecule has 4 nitrogen and oxygen atoms in total. The Labute approximate surface area is 157 Å². The van der Waals surface area contributed by atoms with E-state index in [0.717, 1.165) is 34.1 Å². The van der Waals surface area contributed by atoms with Crippen molar-refractivity contribution in [2.75, 3.05) is 4.90 Å². The number of fused-ring (bicyclic) bond motifs is 2. The second-order valence-electron chi connectivity index (χ2n) is 7.05. The van der Waals surface area contributed by atoms with E-state index >= 15 is 0 Å². The Kier molecular flexibility index (Phi) is 3.57. The molecule has 0 bridgehead atoms. The number of nitrogens with one attached hydrogen (secondary N) is 1. The molecular weight excluding hydrogens is 334 g/mol. The molecule has 2 heterocycles. The van der Waals surface area contributed by atoms with Gasteiger partial charge in [-0.05, 0) is 41.8 Å². The zero-order valence-electron chi connectivity index (χ0n) is 15.0. The third-order valence-electron chi connectivity index (χ3n) is 5.30. The summed E-state index contributed by atoms with van der Waals surface area (Å²) >= 11 is 0. The fourth-order valence-corrected chi connectivity index (χ4v) is 4.02. The third kappa shape index (κ3) is 2.53. The Balaban J connectivity index is 1.53. The highest BCUT2D eigenvalue weighted by Crippen LogP contribution is 2.33. The lowest BCUT2D eigenvalue weighted by atomic mass is 10.0. The second kappa shape index (κ2) is 6.09. The van der Waals surface area contributed by atoms with Gasteiger partial charge in [-0.25, -0.2) is 0 Å². The number of carbonyl (C=O) groups excluding carboxylic acids is 1. The average molecular weight is 353 g/mol. The lowest BCUT2D eigenvalue weighted by molar-refractivity contribution is 0.0976. The molecule has 1 N–H and O–H groups in total. The molecule has 4 heteroatoms. The molecule has 0 saturated carbocycles. The summed E-state index contributed by atoms with van der Waals surface area (Å²) in [7, 11) is 0. The molecular formula is C23H19N3O. The lowest BCUT2D eigenvalue weighted by Crippen LogP contribution is -2.35. The molecule has 3 aromatic carbocycles. The number of rotatable bonds is 2. The van der Waals surface area contributed by atoms with Gasteiger partial charge in [0, 0.05) is 17.3 Å². The van der Waals surface area contributed by atoms with Gasteiger partial charge in [-0.1, -0.05) is 60.7 Å². The molecule has 1 aromatic heterocycles. The van der Waals surface area contributed by atoms with Crippen LogP contribution in [-0.2, 0) is 6.42 Å².